The van der Waals surface area contributed by atoms with E-state index in [1.165, 1.54) is 11.3 Å². The Hall–Kier alpha value is -1.63. The van der Waals surface area contributed by atoms with E-state index in [1.54, 1.807) is 6.92 Å². The van der Waals surface area contributed by atoms with E-state index in [-0.39, 0.29) is 17.1 Å². The molecule has 1 rings (SSSR count). The summed E-state index contributed by atoms with van der Waals surface area (Å²) in [6, 6.07) is 0. The van der Waals surface area contributed by atoms with Gasteiger partial charge in [-0.05, 0) is 27.7 Å². The largest absolute Gasteiger partial charge is 0.476 e. The van der Waals surface area contributed by atoms with Gasteiger partial charge in [-0.3, -0.25) is 4.79 Å². The van der Waals surface area contributed by atoms with Crippen molar-refractivity contribution in [2.45, 2.75) is 39.7 Å². The Morgan fingerprint density at radius 2 is 2.00 bits per heavy atom. The number of carboxylic acids is 1. The number of carboxylic acid groups (broad SMARTS) is 1. The molecule has 0 saturated heterocycles. The lowest BCUT2D eigenvalue weighted by Crippen LogP contribution is -2.41. The van der Waals surface area contributed by atoms with Gasteiger partial charge < -0.3 is 15.7 Å². The summed E-state index contributed by atoms with van der Waals surface area (Å²) in [5.74, 6) is -1.08. The second-order valence-corrected chi connectivity index (χ2v) is 6.41. The van der Waals surface area contributed by atoms with Gasteiger partial charge in [0.15, 0.2) is 10.8 Å². The summed E-state index contributed by atoms with van der Waals surface area (Å²) >= 11 is 1.27. The molecule has 0 aliphatic heterocycles. The number of aromatic carboxylic acids is 1. The molecule has 1 aromatic rings. The first kappa shape index (κ1) is 15.4. The molecule has 0 aliphatic rings. The molecule has 0 radical (unpaired) electrons. The van der Waals surface area contributed by atoms with Gasteiger partial charge in [0.1, 0.15) is 0 Å². The van der Waals surface area contributed by atoms with E-state index in [0.29, 0.717) is 23.0 Å². The van der Waals surface area contributed by atoms with E-state index in [9.17, 15) is 9.59 Å². The molecule has 1 heterocycles. The number of thiazole rings is 1. The van der Waals surface area contributed by atoms with Gasteiger partial charge in [0, 0.05) is 23.4 Å². The van der Waals surface area contributed by atoms with Crippen LogP contribution in [0.3, 0.4) is 0 Å². The summed E-state index contributed by atoms with van der Waals surface area (Å²) in [5.41, 5.74) is -0.183. The summed E-state index contributed by atoms with van der Waals surface area (Å²) in [5, 5.41) is 15.2. The first-order chi connectivity index (χ1) is 8.69. The Kier molecular flexibility index (Phi) is 4.88. The van der Waals surface area contributed by atoms with Crippen LogP contribution >= 0.6 is 11.3 Å². The van der Waals surface area contributed by atoms with E-state index in [2.05, 4.69) is 15.6 Å². The van der Waals surface area contributed by atoms with Gasteiger partial charge in [-0.25, -0.2) is 9.78 Å². The number of nitrogens with zero attached hydrogens (tertiary/aromatic N) is 1. The molecule has 106 valence electrons. The Balaban J connectivity index is 2.44. The molecule has 0 spiro atoms. The van der Waals surface area contributed by atoms with Crippen molar-refractivity contribution in [2.75, 3.05) is 11.9 Å². The minimum atomic E-state index is -1.03. The molecule has 19 heavy (non-hydrogen) atoms. The van der Waals surface area contributed by atoms with Crippen molar-refractivity contribution in [2.24, 2.45) is 0 Å². The van der Waals surface area contributed by atoms with Gasteiger partial charge in [0.2, 0.25) is 5.91 Å². The molecule has 7 heteroatoms. The number of hydrogen-bond donors (Lipinski definition) is 3. The minimum absolute atomic E-state index is 0.0493. The van der Waals surface area contributed by atoms with Crippen LogP contribution in [0.15, 0.2) is 0 Å². The molecular formula is C12H19N3O3S. The van der Waals surface area contributed by atoms with Crippen molar-refractivity contribution in [3.63, 3.8) is 0 Å². The zero-order valence-corrected chi connectivity index (χ0v) is 12.3. The van der Waals surface area contributed by atoms with Crippen LogP contribution in [0.2, 0.25) is 0 Å². The highest BCUT2D eigenvalue weighted by molar-refractivity contribution is 7.15. The maximum absolute atomic E-state index is 11.6. The van der Waals surface area contributed by atoms with Gasteiger partial charge in [0.25, 0.3) is 0 Å². The van der Waals surface area contributed by atoms with Crippen molar-refractivity contribution < 1.29 is 14.7 Å². The molecule has 0 saturated carbocycles. The standard InChI is InChI=1S/C12H19N3O3S/c1-7-9(10(17)18)14-11(19-7)13-6-5-8(16)15-12(2,3)4/h5-6H2,1-4H3,(H,13,14)(H,15,16)(H,17,18). The molecule has 0 atom stereocenters. The van der Waals surface area contributed by atoms with Crippen molar-refractivity contribution >= 4 is 28.3 Å². The predicted molar refractivity (Wildman–Crippen MR) is 74.8 cm³/mol. The smallest absolute Gasteiger partial charge is 0.355 e. The van der Waals surface area contributed by atoms with Crippen LogP contribution in [-0.2, 0) is 4.79 Å². The Labute approximate surface area is 116 Å². The van der Waals surface area contributed by atoms with Crippen LogP contribution in [0.1, 0.15) is 42.6 Å². The lowest BCUT2D eigenvalue weighted by Gasteiger charge is -2.20. The topological polar surface area (TPSA) is 91.3 Å². The molecule has 0 aromatic carbocycles. The normalized spacial score (nSPS) is 11.2. The van der Waals surface area contributed by atoms with Crippen LogP contribution in [0.5, 0.6) is 0 Å². The quantitative estimate of drug-likeness (QED) is 0.768. The molecule has 0 unspecified atom stereocenters. The number of carbonyl (C=O) groups excluding carboxylic acids is 1. The highest BCUT2D eigenvalue weighted by Gasteiger charge is 2.15. The van der Waals surface area contributed by atoms with Crippen LogP contribution in [0.4, 0.5) is 5.13 Å². The fourth-order valence-corrected chi connectivity index (χ4v) is 2.26. The van der Waals surface area contributed by atoms with Crippen molar-refractivity contribution in [1.82, 2.24) is 10.3 Å². The second-order valence-electron chi connectivity index (χ2n) is 5.20. The molecule has 1 aromatic heterocycles. The third-order valence-corrected chi connectivity index (χ3v) is 3.07. The first-order valence-electron chi connectivity index (χ1n) is 5.94. The zero-order chi connectivity index (χ0) is 14.6. The molecule has 1 amide bonds. The maximum atomic E-state index is 11.6. The van der Waals surface area contributed by atoms with Gasteiger partial charge >= 0.3 is 5.97 Å². The van der Waals surface area contributed by atoms with Gasteiger partial charge in [-0.1, -0.05) is 0 Å². The fourth-order valence-electron chi connectivity index (χ4n) is 1.43. The summed E-state index contributed by atoms with van der Waals surface area (Å²) in [6.07, 6.45) is 0.318. The minimum Gasteiger partial charge on any atom is -0.476 e. The second kappa shape index (κ2) is 6.01. The van der Waals surface area contributed by atoms with E-state index in [0.717, 1.165) is 0 Å². The van der Waals surface area contributed by atoms with Crippen LogP contribution in [-0.4, -0.2) is 34.1 Å². The lowest BCUT2D eigenvalue weighted by molar-refractivity contribution is -0.122. The van der Waals surface area contributed by atoms with Crippen LogP contribution in [0.25, 0.3) is 0 Å². The number of amides is 1. The van der Waals surface area contributed by atoms with Gasteiger partial charge in [0.05, 0.1) is 0 Å². The maximum Gasteiger partial charge on any atom is 0.355 e. The molecule has 0 fully saturated rings. The van der Waals surface area contributed by atoms with Crippen molar-refractivity contribution in [3.8, 4) is 0 Å². The van der Waals surface area contributed by atoms with Gasteiger partial charge in [-0.2, -0.15) is 0 Å². The number of nitrogens with one attached hydrogen (secondary N) is 2. The van der Waals surface area contributed by atoms with Crippen LogP contribution in [0, 0.1) is 6.92 Å². The molecule has 0 bridgehead atoms. The highest BCUT2D eigenvalue weighted by Crippen LogP contribution is 2.21. The summed E-state index contributed by atoms with van der Waals surface area (Å²) < 4.78 is 0. The summed E-state index contributed by atoms with van der Waals surface area (Å²) in [6.45, 7) is 7.89. The fraction of sp³-hybridized carbons (Fsp3) is 0.583. The third-order valence-electron chi connectivity index (χ3n) is 2.14. The summed E-state index contributed by atoms with van der Waals surface area (Å²) in [7, 11) is 0. The third kappa shape index (κ3) is 5.25. The molecule has 3 N–H and O–H groups in total. The van der Waals surface area contributed by atoms with Crippen molar-refractivity contribution in [3.05, 3.63) is 10.6 Å². The SMILES string of the molecule is Cc1sc(NCCC(=O)NC(C)(C)C)nc1C(=O)O. The average Bonchev–Trinajstić information content (AvgIpc) is 2.57. The van der Waals surface area contributed by atoms with E-state index < -0.39 is 5.97 Å². The van der Waals surface area contributed by atoms with Crippen molar-refractivity contribution in [1.29, 1.82) is 0 Å². The first-order valence-corrected chi connectivity index (χ1v) is 6.76. The van der Waals surface area contributed by atoms with Crippen LogP contribution < -0.4 is 10.6 Å². The lowest BCUT2D eigenvalue weighted by atomic mass is 10.1. The highest BCUT2D eigenvalue weighted by atomic mass is 32.1. The number of aromatic nitrogens is 1. The number of carbonyl (C=O) groups is 2. The zero-order valence-electron chi connectivity index (χ0n) is 11.5. The number of anilines is 1. The predicted octanol–water partition coefficient (Wildman–Crippen LogP) is 1.87. The Morgan fingerprint density at radius 1 is 1.37 bits per heavy atom. The molecule has 0 aliphatic carbocycles. The van der Waals surface area contributed by atoms with Gasteiger partial charge in [-0.15, -0.1) is 11.3 Å². The molecule has 6 nitrogen and oxygen atoms in total. The van der Waals surface area contributed by atoms with E-state index in [4.69, 9.17) is 5.11 Å². The monoisotopic (exact) mass is 285 g/mol. The Morgan fingerprint density at radius 3 is 2.47 bits per heavy atom. The average molecular weight is 285 g/mol. The van der Waals surface area contributed by atoms with E-state index in [1.807, 2.05) is 20.8 Å². The van der Waals surface area contributed by atoms with E-state index >= 15 is 0 Å². The number of aryl methyl sites for hydroxylation is 1. The number of hydrogen-bond acceptors (Lipinski definition) is 5. The number of rotatable bonds is 5. The Bertz CT molecular complexity index is 477. The molecular weight excluding hydrogens is 266 g/mol. The summed E-state index contributed by atoms with van der Waals surface area (Å²) in [4.78, 5) is 27.0.